The number of benzene rings is 1. The van der Waals surface area contributed by atoms with Crippen molar-refractivity contribution in [1.29, 1.82) is 0 Å². The number of aryl methyl sites for hydroxylation is 1. The number of hydrogen-bond donors (Lipinski definition) is 1. The van der Waals surface area contributed by atoms with E-state index in [1.807, 2.05) is 6.07 Å². The average Bonchev–Trinajstić information content (AvgIpc) is 2.39. The Morgan fingerprint density at radius 2 is 2.16 bits per heavy atom. The Morgan fingerprint density at radius 3 is 2.74 bits per heavy atom. The van der Waals surface area contributed by atoms with Crippen LogP contribution in [0.15, 0.2) is 30.9 Å². The number of methoxy groups -OCH3 is 1. The highest BCUT2D eigenvalue weighted by Crippen LogP contribution is 2.29. The fourth-order valence-corrected chi connectivity index (χ4v) is 2.24. The molecule has 0 fully saturated rings. The van der Waals surface area contributed by atoms with Gasteiger partial charge >= 0.3 is 0 Å². The van der Waals surface area contributed by atoms with Gasteiger partial charge in [-0.05, 0) is 37.9 Å². The molecule has 0 aromatic heterocycles. The molecule has 106 valence electrons. The minimum Gasteiger partial charge on any atom is -0.496 e. The van der Waals surface area contributed by atoms with Crippen LogP contribution in [0.3, 0.4) is 0 Å². The molecule has 0 aliphatic heterocycles. The van der Waals surface area contributed by atoms with E-state index in [1.165, 1.54) is 11.1 Å². The van der Waals surface area contributed by atoms with Gasteiger partial charge in [-0.15, -0.1) is 6.58 Å². The van der Waals surface area contributed by atoms with E-state index in [9.17, 15) is 0 Å². The van der Waals surface area contributed by atoms with E-state index in [1.54, 1.807) is 7.11 Å². The lowest BCUT2D eigenvalue weighted by Gasteiger charge is -2.27. The molecule has 2 heteroatoms. The molecule has 1 unspecified atom stereocenters. The van der Waals surface area contributed by atoms with Crippen LogP contribution < -0.4 is 10.1 Å². The number of hydrogen-bond acceptors (Lipinski definition) is 2. The Bertz CT molecular complexity index is 414. The van der Waals surface area contributed by atoms with Crippen molar-refractivity contribution in [3.8, 4) is 5.75 Å². The second kappa shape index (κ2) is 7.34. The van der Waals surface area contributed by atoms with Gasteiger partial charge in [0.1, 0.15) is 5.75 Å². The van der Waals surface area contributed by atoms with E-state index in [-0.39, 0.29) is 5.41 Å². The minimum absolute atomic E-state index is 0.0518. The molecule has 0 radical (unpaired) electrons. The lowest BCUT2D eigenvalue weighted by atomic mass is 9.83. The lowest BCUT2D eigenvalue weighted by Crippen LogP contribution is -2.32. The van der Waals surface area contributed by atoms with Gasteiger partial charge in [0.25, 0.3) is 0 Å². The lowest BCUT2D eigenvalue weighted by molar-refractivity contribution is 0.370. The number of rotatable bonds is 8. The van der Waals surface area contributed by atoms with Gasteiger partial charge in [0.05, 0.1) is 7.11 Å². The van der Waals surface area contributed by atoms with E-state index >= 15 is 0 Å². The maximum Gasteiger partial charge on any atom is 0.122 e. The Hall–Kier alpha value is -1.28. The van der Waals surface area contributed by atoms with Gasteiger partial charge in [-0.2, -0.15) is 0 Å². The third-order valence-electron chi connectivity index (χ3n) is 3.48. The largest absolute Gasteiger partial charge is 0.496 e. The van der Waals surface area contributed by atoms with Crippen LogP contribution in [0, 0.1) is 12.3 Å². The number of ether oxygens (including phenoxy) is 1. The fourth-order valence-electron chi connectivity index (χ4n) is 2.24. The highest BCUT2D eigenvalue weighted by atomic mass is 16.5. The first-order valence-corrected chi connectivity index (χ1v) is 7.02. The summed E-state index contributed by atoms with van der Waals surface area (Å²) < 4.78 is 5.46. The number of nitrogens with one attached hydrogen (secondary N) is 1. The van der Waals surface area contributed by atoms with Gasteiger partial charge < -0.3 is 10.1 Å². The third kappa shape index (κ3) is 4.71. The third-order valence-corrected chi connectivity index (χ3v) is 3.48. The summed E-state index contributed by atoms with van der Waals surface area (Å²) in [4.78, 5) is 0. The van der Waals surface area contributed by atoms with E-state index in [2.05, 4.69) is 50.9 Å². The molecule has 2 nitrogen and oxygen atoms in total. The maximum atomic E-state index is 5.46. The summed E-state index contributed by atoms with van der Waals surface area (Å²) in [5.74, 6) is 0.967. The summed E-state index contributed by atoms with van der Waals surface area (Å²) in [6, 6.07) is 6.34. The average molecular weight is 261 g/mol. The van der Waals surface area contributed by atoms with Crippen LogP contribution in [-0.4, -0.2) is 20.2 Å². The van der Waals surface area contributed by atoms with E-state index < -0.39 is 0 Å². The van der Waals surface area contributed by atoms with E-state index in [0.717, 1.165) is 31.7 Å². The Labute approximate surface area is 117 Å². The van der Waals surface area contributed by atoms with Crippen molar-refractivity contribution in [3.05, 3.63) is 42.0 Å². The van der Waals surface area contributed by atoms with Crippen molar-refractivity contribution in [2.24, 2.45) is 5.41 Å². The molecule has 1 aromatic rings. The van der Waals surface area contributed by atoms with Crippen molar-refractivity contribution in [1.82, 2.24) is 5.32 Å². The fraction of sp³-hybridized carbons (Fsp3) is 0.529. The van der Waals surface area contributed by atoms with Gasteiger partial charge in [-0.3, -0.25) is 0 Å². The zero-order valence-electron chi connectivity index (χ0n) is 12.8. The zero-order valence-corrected chi connectivity index (χ0v) is 12.8. The van der Waals surface area contributed by atoms with Crippen molar-refractivity contribution in [2.45, 2.75) is 33.6 Å². The predicted octanol–water partition coefficient (Wildman–Crippen LogP) is 3.74. The molecule has 1 atom stereocenters. The van der Waals surface area contributed by atoms with Gasteiger partial charge in [0.2, 0.25) is 0 Å². The quantitative estimate of drug-likeness (QED) is 0.568. The molecule has 1 rings (SSSR count). The van der Waals surface area contributed by atoms with Crippen LogP contribution in [0.5, 0.6) is 5.75 Å². The smallest absolute Gasteiger partial charge is 0.122 e. The van der Waals surface area contributed by atoms with E-state index in [4.69, 9.17) is 4.74 Å². The summed E-state index contributed by atoms with van der Waals surface area (Å²) in [5, 5.41) is 3.49. The van der Waals surface area contributed by atoms with Crippen LogP contribution >= 0.6 is 0 Å². The van der Waals surface area contributed by atoms with Gasteiger partial charge in [-0.25, -0.2) is 0 Å². The first-order chi connectivity index (χ1) is 9.04. The molecule has 1 aromatic carbocycles. The summed E-state index contributed by atoms with van der Waals surface area (Å²) in [6.07, 6.45) is 4.15. The van der Waals surface area contributed by atoms with Crippen molar-refractivity contribution in [2.75, 3.05) is 20.2 Å². The second-order valence-electron chi connectivity index (χ2n) is 5.53. The minimum atomic E-state index is 0.0518. The second-order valence-corrected chi connectivity index (χ2v) is 5.53. The van der Waals surface area contributed by atoms with Gasteiger partial charge in [0.15, 0.2) is 0 Å². The van der Waals surface area contributed by atoms with Crippen molar-refractivity contribution < 1.29 is 4.74 Å². The van der Waals surface area contributed by atoms with Crippen molar-refractivity contribution >= 4 is 0 Å². The zero-order chi connectivity index (χ0) is 14.3. The highest BCUT2D eigenvalue weighted by molar-refractivity contribution is 5.38. The van der Waals surface area contributed by atoms with Gasteiger partial charge in [0, 0.05) is 12.0 Å². The molecule has 0 bridgehead atoms. The monoisotopic (exact) mass is 261 g/mol. The van der Waals surface area contributed by atoms with Gasteiger partial charge in [-0.1, -0.05) is 37.6 Å². The van der Waals surface area contributed by atoms with Crippen LogP contribution in [0.1, 0.15) is 31.4 Å². The molecular weight excluding hydrogens is 234 g/mol. The van der Waals surface area contributed by atoms with Crippen LogP contribution in [0.4, 0.5) is 0 Å². The summed E-state index contributed by atoms with van der Waals surface area (Å²) >= 11 is 0. The maximum absolute atomic E-state index is 5.46. The molecule has 0 spiro atoms. The molecule has 0 saturated carbocycles. The molecule has 0 amide bonds. The highest BCUT2D eigenvalue weighted by Gasteiger charge is 2.22. The van der Waals surface area contributed by atoms with Crippen LogP contribution in [-0.2, 0) is 6.42 Å². The molecule has 0 aliphatic rings. The van der Waals surface area contributed by atoms with E-state index in [0.29, 0.717) is 0 Å². The molecule has 1 N–H and O–H groups in total. The molecule has 19 heavy (non-hydrogen) atoms. The summed E-state index contributed by atoms with van der Waals surface area (Å²) in [7, 11) is 1.73. The molecule has 0 heterocycles. The molecule has 0 saturated heterocycles. The standard InChI is InChI=1S/C17H27NO/c1-6-10-18-13-17(4,7-2)12-15-11-14(3)8-9-16(15)19-5/h7-9,11,18H,2,6,10,12-13H2,1,3-5H3. The summed E-state index contributed by atoms with van der Waals surface area (Å²) in [6.45, 7) is 12.5. The molecule has 0 aliphatic carbocycles. The normalized spacial score (nSPS) is 13.9. The van der Waals surface area contributed by atoms with Crippen LogP contribution in [0.25, 0.3) is 0 Å². The Balaban J connectivity index is 2.84. The SMILES string of the molecule is C=CC(C)(CNCCC)Cc1cc(C)ccc1OC. The van der Waals surface area contributed by atoms with Crippen LogP contribution in [0.2, 0.25) is 0 Å². The molecular formula is C17H27NO. The summed E-state index contributed by atoms with van der Waals surface area (Å²) in [5.41, 5.74) is 2.57. The Morgan fingerprint density at radius 1 is 1.42 bits per heavy atom. The topological polar surface area (TPSA) is 21.3 Å². The Kier molecular flexibility index (Phi) is 6.10. The predicted molar refractivity (Wildman–Crippen MR) is 82.9 cm³/mol. The van der Waals surface area contributed by atoms with Crippen molar-refractivity contribution in [3.63, 3.8) is 0 Å². The first-order valence-electron chi connectivity index (χ1n) is 7.02. The first kappa shape index (κ1) is 15.8.